The van der Waals surface area contributed by atoms with Crippen LogP contribution in [-0.4, -0.2) is 11.0 Å². The van der Waals surface area contributed by atoms with Gasteiger partial charge in [-0.1, -0.05) is 36.4 Å². The molecule has 2 nitrogen and oxygen atoms in total. The molecule has 0 spiro atoms. The first kappa shape index (κ1) is 11.3. The molecule has 0 unspecified atom stereocenters. The number of nitrogens with zero attached hydrogens (tertiary/aromatic N) is 1. The van der Waals surface area contributed by atoms with Crippen LogP contribution in [0.1, 0.15) is 11.1 Å². The average molecular weight is 229 g/mol. The normalized spacial score (nSPS) is 11.5. The number of hydrogen-bond acceptors (Lipinski definition) is 1. The number of hydroxylamine groups is 1. The Hall–Kier alpha value is -2.16. The lowest BCUT2D eigenvalue weighted by atomic mass is 10.2. The number of halogens is 1. The van der Waals surface area contributed by atoms with Crippen LogP contribution in [0.2, 0.25) is 0 Å². The summed E-state index contributed by atoms with van der Waals surface area (Å²) in [5.41, 5.74) is 1.49. The van der Waals surface area contributed by atoms with Crippen LogP contribution in [0.15, 0.2) is 54.6 Å². The van der Waals surface area contributed by atoms with E-state index in [9.17, 15) is 9.60 Å². The smallest absolute Gasteiger partial charge is 0.182 e. The molecule has 0 amide bonds. The van der Waals surface area contributed by atoms with E-state index in [1.807, 2.05) is 30.3 Å². The van der Waals surface area contributed by atoms with Gasteiger partial charge in [0.05, 0.1) is 0 Å². The highest BCUT2D eigenvalue weighted by molar-refractivity contribution is 5.75. The summed E-state index contributed by atoms with van der Waals surface area (Å²) in [4.78, 5) is 0. The van der Waals surface area contributed by atoms with Crippen LogP contribution in [0, 0.1) is 11.0 Å². The third kappa shape index (κ3) is 3.41. The lowest BCUT2D eigenvalue weighted by Gasteiger charge is -2.03. The molecule has 0 atom stereocenters. The Kier molecular flexibility index (Phi) is 3.50. The van der Waals surface area contributed by atoms with Crippen molar-refractivity contribution in [2.75, 3.05) is 0 Å². The third-order valence-corrected chi connectivity index (χ3v) is 2.32. The van der Waals surface area contributed by atoms with Gasteiger partial charge in [-0.15, -0.1) is 0 Å². The van der Waals surface area contributed by atoms with Crippen LogP contribution in [0.4, 0.5) is 4.39 Å². The number of hydrogen-bond donors (Lipinski definition) is 0. The third-order valence-electron chi connectivity index (χ3n) is 2.32. The van der Waals surface area contributed by atoms with Gasteiger partial charge in [-0.25, -0.2) is 9.13 Å². The molecule has 0 bridgehead atoms. The first-order valence-electron chi connectivity index (χ1n) is 5.32. The second kappa shape index (κ2) is 5.25. The van der Waals surface area contributed by atoms with Crippen molar-refractivity contribution in [1.29, 1.82) is 0 Å². The summed E-state index contributed by atoms with van der Waals surface area (Å²) in [5, 5.41) is 11.6. The van der Waals surface area contributed by atoms with Gasteiger partial charge in [0.1, 0.15) is 5.82 Å². The van der Waals surface area contributed by atoms with Crippen LogP contribution in [0.3, 0.4) is 0 Å². The molecule has 2 aromatic rings. The fraction of sp³-hybridized carbons (Fsp3) is 0.0714. The van der Waals surface area contributed by atoms with Crippen molar-refractivity contribution in [2.45, 2.75) is 6.54 Å². The summed E-state index contributed by atoms with van der Waals surface area (Å²) in [6.45, 7) is 0.261. The fourth-order valence-electron chi connectivity index (χ4n) is 1.56. The summed E-state index contributed by atoms with van der Waals surface area (Å²) in [6, 6.07) is 15.4. The summed E-state index contributed by atoms with van der Waals surface area (Å²) >= 11 is 0. The van der Waals surface area contributed by atoms with E-state index in [0.29, 0.717) is 5.56 Å². The summed E-state index contributed by atoms with van der Waals surface area (Å²) in [6.07, 6.45) is 1.38. The predicted octanol–water partition coefficient (Wildman–Crippen LogP) is 2.96. The van der Waals surface area contributed by atoms with Crippen LogP contribution < -0.4 is 0 Å². The molecule has 0 heterocycles. The van der Waals surface area contributed by atoms with Gasteiger partial charge in [-0.2, -0.15) is 0 Å². The molecule has 2 aromatic carbocycles. The van der Waals surface area contributed by atoms with Gasteiger partial charge < -0.3 is 5.21 Å². The van der Waals surface area contributed by atoms with Crippen molar-refractivity contribution < 1.29 is 9.13 Å². The Morgan fingerprint density at radius 3 is 2.53 bits per heavy atom. The maximum Gasteiger partial charge on any atom is 0.182 e. The largest absolute Gasteiger partial charge is 0.624 e. The van der Waals surface area contributed by atoms with E-state index in [1.54, 1.807) is 12.1 Å². The maximum absolute atomic E-state index is 12.9. The van der Waals surface area contributed by atoms with E-state index in [1.165, 1.54) is 18.3 Å². The lowest BCUT2D eigenvalue weighted by molar-refractivity contribution is -0.469. The minimum absolute atomic E-state index is 0.261. The van der Waals surface area contributed by atoms with Crippen LogP contribution in [-0.2, 0) is 6.54 Å². The molecule has 0 aliphatic carbocycles. The van der Waals surface area contributed by atoms with Crippen molar-refractivity contribution >= 4 is 6.21 Å². The van der Waals surface area contributed by atoms with E-state index in [-0.39, 0.29) is 12.4 Å². The second-order valence-corrected chi connectivity index (χ2v) is 3.74. The topological polar surface area (TPSA) is 26.1 Å². The molecule has 0 saturated carbocycles. The molecule has 0 aliphatic heterocycles. The minimum Gasteiger partial charge on any atom is -0.624 e. The van der Waals surface area contributed by atoms with Crippen molar-refractivity contribution in [3.05, 3.63) is 76.7 Å². The Bertz CT molecular complexity index is 523. The Balaban J connectivity index is 2.12. The van der Waals surface area contributed by atoms with Gasteiger partial charge >= 0.3 is 0 Å². The van der Waals surface area contributed by atoms with Gasteiger partial charge in [0.25, 0.3) is 0 Å². The lowest BCUT2D eigenvalue weighted by Crippen LogP contribution is -2.05. The van der Waals surface area contributed by atoms with Crippen molar-refractivity contribution in [2.24, 2.45) is 0 Å². The highest BCUT2D eigenvalue weighted by Crippen LogP contribution is 2.03. The van der Waals surface area contributed by atoms with Crippen molar-refractivity contribution in [1.82, 2.24) is 0 Å². The molecule has 0 saturated heterocycles. The zero-order valence-corrected chi connectivity index (χ0v) is 9.21. The Morgan fingerprint density at radius 1 is 1.06 bits per heavy atom. The van der Waals surface area contributed by atoms with Gasteiger partial charge in [0.2, 0.25) is 0 Å². The van der Waals surface area contributed by atoms with E-state index in [4.69, 9.17) is 0 Å². The molecule has 0 aliphatic rings. The molecule has 0 radical (unpaired) electrons. The van der Waals surface area contributed by atoms with E-state index < -0.39 is 0 Å². The Morgan fingerprint density at radius 2 is 1.82 bits per heavy atom. The quantitative estimate of drug-likeness (QED) is 0.344. The highest BCUT2D eigenvalue weighted by Gasteiger charge is 1.99. The predicted molar refractivity (Wildman–Crippen MR) is 65.3 cm³/mol. The van der Waals surface area contributed by atoms with Crippen LogP contribution >= 0.6 is 0 Å². The molecule has 3 heteroatoms. The standard InChI is InChI=1S/C14H12FNO/c15-14-8-4-7-13(9-14)11-16(17)10-12-5-2-1-3-6-12/h1-9,11H,10H2/b16-11-. The SMILES string of the molecule is [O-]/[N+](=C\c1cccc(F)c1)Cc1ccccc1. The minimum atomic E-state index is -0.341. The average Bonchev–Trinajstić information content (AvgIpc) is 2.30. The van der Waals surface area contributed by atoms with E-state index in [0.717, 1.165) is 10.3 Å². The van der Waals surface area contributed by atoms with E-state index >= 15 is 0 Å². The molecular weight excluding hydrogens is 217 g/mol. The first-order chi connectivity index (χ1) is 8.24. The fourth-order valence-corrected chi connectivity index (χ4v) is 1.56. The Labute approximate surface area is 99.2 Å². The van der Waals surface area contributed by atoms with Gasteiger partial charge in [0.15, 0.2) is 12.8 Å². The zero-order valence-electron chi connectivity index (χ0n) is 9.21. The molecule has 86 valence electrons. The molecule has 2 rings (SSSR count). The molecule has 0 N–H and O–H groups in total. The number of benzene rings is 2. The van der Waals surface area contributed by atoms with Crippen molar-refractivity contribution in [3.8, 4) is 0 Å². The van der Waals surface area contributed by atoms with Gasteiger partial charge in [0, 0.05) is 11.1 Å². The second-order valence-electron chi connectivity index (χ2n) is 3.74. The van der Waals surface area contributed by atoms with Gasteiger partial charge in [-0.05, 0) is 18.2 Å². The first-order valence-corrected chi connectivity index (χ1v) is 5.32. The molecule has 0 fully saturated rings. The monoisotopic (exact) mass is 229 g/mol. The molecular formula is C14H12FNO. The van der Waals surface area contributed by atoms with E-state index in [2.05, 4.69) is 0 Å². The van der Waals surface area contributed by atoms with Crippen LogP contribution in [0.5, 0.6) is 0 Å². The molecule has 0 aromatic heterocycles. The van der Waals surface area contributed by atoms with Crippen molar-refractivity contribution in [3.63, 3.8) is 0 Å². The summed E-state index contributed by atoms with van der Waals surface area (Å²) < 4.78 is 13.7. The van der Waals surface area contributed by atoms with Crippen LogP contribution in [0.25, 0.3) is 0 Å². The summed E-state index contributed by atoms with van der Waals surface area (Å²) in [5.74, 6) is -0.341. The highest BCUT2D eigenvalue weighted by atomic mass is 19.1. The number of rotatable bonds is 3. The summed E-state index contributed by atoms with van der Waals surface area (Å²) in [7, 11) is 0. The zero-order chi connectivity index (χ0) is 12.1. The molecule has 17 heavy (non-hydrogen) atoms. The van der Waals surface area contributed by atoms with Gasteiger partial charge in [-0.3, -0.25) is 0 Å². The maximum atomic E-state index is 12.9.